The molecule has 0 aliphatic heterocycles. The maximum absolute atomic E-state index is 11.5. The van der Waals surface area contributed by atoms with E-state index in [0.717, 1.165) is 28.5 Å². The maximum Gasteiger partial charge on any atom is 0.288 e. The Morgan fingerprint density at radius 3 is 2.77 bits per heavy atom. The summed E-state index contributed by atoms with van der Waals surface area (Å²) >= 11 is 1.56. The quantitative estimate of drug-likeness (QED) is 0.487. The molecule has 0 fully saturated rings. The fourth-order valence-corrected chi connectivity index (χ4v) is 3.19. The summed E-state index contributed by atoms with van der Waals surface area (Å²) in [7, 11) is 0. The number of nitrogens with two attached hydrogens (primary N) is 1. The number of benzene rings is 1. The van der Waals surface area contributed by atoms with Crippen LogP contribution in [0.25, 0.3) is 10.6 Å². The summed E-state index contributed by atoms with van der Waals surface area (Å²) in [5, 5.41) is 16.7. The number of amides is 1. The van der Waals surface area contributed by atoms with E-state index in [9.17, 15) is 14.9 Å². The zero-order chi connectivity index (χ0) is 18.5. The Morgan fingerprint density at radius 1 is 1.31 bits per heavy atom. The second-order valence-corrected chi connectivity index (χ2v) is 6.26. The molecule has 0 aliphatic rings. The van der Waals surface area contributed by atoms with E-state index in [4.69, 9.17) is 5.73 Å². The van der Waals surface area contributed by atoms with Crippen LogP contribution in [0.15, 0.2) is 48.0 Å². The molecule has 8 nitrogen and oxygen atoms in total. The first-order valence-corrected chi connectivity index (χ1v) is 8.60. The number of carbonyl (C=O) groups excluding carboxylic acids is 1. The highest BCUT2D eigenvalue weighted by atomic mass is 32.1. The van der Waals surface area contributed by atoms with Gasteiger partial charge in [0.05, 0.1) is 16.2 Å². The molecule has 0 bridgehead atoms. The fraction of sp³-hybridized carbons (Fsp3) is 0.118. The van der Waals surface area contributed by atoms with Crippen molar-refractivity contribution in [2.75, 3.05) is 11.9 Å². The minimum atomic E-state index is -0.774. The monoisotopic (exact) mass is 369 g/mol. The van der Waals surface area contributed by atoms with Gasteiger partial charge in [-0.05, 0) is 0 Å². The zero-order valence-corrected chi connectivity index (χ0v) is 14.4. The van der Waals surface area contributed by atoms with Gasteiger partial charge >= 0.3 is 0 Å². The lowest BCUT2D eigenvalue weighted by Crippen LogP contribution is -2.17. The number of nitrogens with zero attached hydrogens (tertiary/aromatic N) is 3. The number of hydrogen-bond acceptors (Lipinski definition) is 7. The van der Waals surface area contributed by atoms with Gasteiger partial charge in [0.1, 0.15) is 17.0 Å². The van der Waals surface area contributed by atoms with Gasteiger partial charge in [0, 0.05) is 30.0 Å². The van der Waals surface area contributed by atoms with Gasteiger partial charge in [-0.25, -0.2) is 9.97 Å². The van der Waals surface area contributed by atoms with Crippen LogP contribution in [-0.4, -0.2) is 27.3 Å². The molecular formula is C17H15N5O3S. The number of primary amides is 1. The Hall–Kier alpha value is -3.33. The Morgan fingerprint density at radius 2 is 2.08 bits per heavy atom. The minimum absolute atomic E-state index is 0.0116. The zero-order valence-electron chi connectivity index (χ0n) is 13.6. The third-order valence-corrected chi connectivity index (χ3v) is 4.54. The van der Waals surface area contributed by atoms with E-state index in [2.05, 4.69) is 15.3 Å². The Labute approximate surface area is 152 Å². The van der Waals surface area contributed by atoms with Gasteiger partial charge in [0.2, 0.25) is 0 Å². The van der Waals surface area contributed by atoms with Gasteiger partial charge < -0.3 is 11.1 Å². The second-order valence-electron chi connectivity index (χ2n) is 5.40. The molecule has 1 aromatic carbocycles. The van der Waals surface area contributed by atoms with E-state index in [1.165, 1.54) is 0 Å². The van der Waals surface area contributed by atoms with E-state index in [1.807, 2.05) is 35.7 Å². The van der Waals surface area contributed by atoms with Crippen LogP contribution in [0.5, 0.6) is 0 Å². The number of nitrogens with one attached hydrogen (secondary N) is 1. The lowest BCUT2D eigenvalue weighted by Gasteiger charge is -2.08. The van der Waals surface area contributed by atoms with Crippen molar-refractivity contribution >= 4 is 28.7 Å². The molecule has 0 saturated heterocycles. The summed E-state index contributed by atoms with van der Waals surface area (Å²) in [6.45, 7) is 0.461. The third-order valence-electron chi connectivity index (χ3n) is 3.60. The summed E-state index contributed by atoms with van der Waals surface area (Å²) < 4.78 is 0. The number of thiazole rings is 1. The number of pyridine rings is 1. The molecule has 0 atom stereocenters. The Bertz CT molecular complexity index is 943. The molecular weight excluding hydrogens is 354 g/mol. The molecule has 0 aliphatic carbocycles. The van der Waals surface area contributed by atoms with E-state index >= 15 is 0 Å². The van der Waals surface area contributed by atoms with E-state index in [1.54, 1.807) is 11.3 Å². The van der Waals surface area contributed by atoms with Crippen LogP contribution >= 0.6 is 11.3 Å². The first kappa shape index (κ1) is 17.5. The number of nitro groups is 1. The number of carbonyl (C=O) groups is 1. The first-order chi connectivity index (χ1) is 12.5. The van der Waals surface area contributed by atoms with Crippen molar-refractivity contribution in [3.05, 3.63) is 69.3 Å². The number of aromatic nitrogens is 2. The average molecular weight is 369 g/mol. The molecule has 2 heterocycles. The summed E-state index contributed by atoms with van der Waals surface area (Å²) in [5.74, 6) is -0.551. The Balaban J connectivity index is 1.66. The van der Waals surface area contributed by atoms with E-state index < -0.39 is 10.8 Å². The fourth-order valence-electron chi connectivity index (χ4n) is 2.33. The number of hydrogen-bond donors (Lipinski definition) is 2. The van der Waals surface area contributed by atoms with Gasteiger partial charge in [0.15, 0.2) is 0 Å². The summed E-state index contributed by atoms with van der Waals surface area (Å²) in [4.78, 5) is 30.2. The predicted octanol–water partition coefficient (Wildman–Crippen LogP) is 2.87. The molecule has 0 saturated carbocycles. The number of anilines is 1. The summed E-state index contributed by atoms with van der Waals surface area (Å²) in [6.07, 6.45) is 1.70. The van der Waals surface area contributed by atoms with Gasteiger partial charge in [-0.15, -0.1) is 11.3 Å². The molecule has 1 amide bonds. The molecule has 3 N–H and O–H groups in total. The molecule has 3 aromatic rings. The van der Waals surface area contributed by atoms with Gasteiger partial charge in [-0.3, -0.25) is 14.9 Å². The van der Waals surface area contributed by atoms with Crippen molar-refractivity contribution in [3.8, 4) is 10.6 Å². The van der Waals surface area contributed by atoms with Crippen molar-refractivity contribution in [2.24, 2.45) is 5.73 Å². The third kappa shape index (κ3) is 4.01. The Kier molecular flexibility index (Phi) is 5.18. The van der Waals surface area contributed by atoms with E-state index in [0.29, 0.717) is 13.0 Å². The first-order valence-electron chi connectivity index (χ1n) is 7.72. The largest absolute Gasteiger partial charge is 0.369 e. The van der Waals surface area contributed by atoms with Crippen molar-refractivity contribution < 1.29 is 9.72 Å². The van der Waals surface area contributed by atoms with E-state index in [-0.39, 0.29) is 17.1 Å². The maximum atomic E-state index is 11.5. The molecule has 9 heteroatoms. The summed E-state index contributed by atoms with van der Waals surface area (Å²) in [6, 6.07) is 11.0. The van der Waals surface area contributed by atoms with Crippen LogP contribution in [0.1, 0.15) is 16.1 Å². The molecule has 0 unspecified atom stereocenters. The minimum Gasteiger partial charge on any atom is -0.369 e. The molecule has 26 heavy (non-hydrogen) atoms. The molecule has 2 aromatic heterocycles. The standard InChI is InChI=1S/C17H15N5O3S/c18-15(23)14-8-13(22(24)25)9-20-16(14)19-7-6-12-10-26-17(21-12)11-4-2-1-3-5-11/h1-5,8-10H,6-7H2,(H2,18,23)(H,19,20). The highest BCUT2D eigenvalue weighted by Crippen LogP contribution is 2.23. The van der Waals surface area contributed by atoms with Crippen LogP contribution in [0.3, 0.4) is 0 Å². The summed E-state index contributed by atoms with van der Waals surface area (Å²) in [5.41, 5.74) is 6.96. The number of rotatable bonds is 7. The van der Waals surface area contributed by atoms with Crippen molar-refractivity contribution in [1.29, 1.82) is 0 Å². The molecule has 0 spiro atoms. The second kappa shape index (κ2) is 7.70. The van der Waals surface area contributed by atoms with Crippen LogP contribution in [0.4, 0.5) is 11.5 Å². The van der Waals surface area contributed by atoms with Gasteiger partial charge in [-0.1, -0.05) is 30.3 Å². The van der Waals surface area contributed by atoms with Crippen molar-refractivity contribution in [3.63, 3.8) is 0 Å². The van der Waals surface area contributed by atoms with Crippen molar-refractivity contribution in [2.45, 2.75) is 6.42 Å². The molecule has 3 rings (SSSR count). The van der Waals surface area contributed by atoms with Crippen LogP contribution < -0.4 is 11.1 Å². The lowest BCUT2D eigenvalue weighted by atomic mass is 10.2. The van der Waals surface area contributed by atoms with Gasteiger partial charge in [-0.2, -0.15) is 0 Å². The topological polar surface area (TPSA) is 124 Å². The lowest BCUT2D eigenvalue weighted by molar-refractivity contribution is -0.385. The molecule has 0 radical (unpaired) electrons. The highest BCUT2D eigenvalue weighted by Gasteiger charge is 2.16. The van der Waals surface area contributed by atoms with Gasteiger partial charge in [0.25, 0.3) is 11.6 Å². The van der Waals surface area contributed by atoms with Crippen LogP contribution in [-0.2, 0) is 6.42 Å². The normalized spacial score (nSPS) is 10.5. The molecule has 132 valence electrons. The SMILES string of the molecule is NC(=O)c1cc([N+](=O)[O-])cnc1NCCc1csc(-c2ccccc2)n1. The average Bonchev–Trinajstić information content (AvgIpc) is 3.11. The smallest absolute Gasteiger partial charge is 0.288 e. The highest BCUT2D eigenvalue weighted by molar-refractivity contribution is 7.13. The van der Waals surface area contributed by atoms with Crippen molar-refractivity contribution in [1.82, 2.24) is 9.97 Å². The predicted molar refractivity (Wildman–Crippen MR) is 99.2 cm³/mol. The van der Waals surface area contributed by atoms with Crippen LogP contribution in [0.2, 0.25) is 0 Å². The van der Waals surface area contributed by atoms with Crippen LogP contribution in [0, 0.1) is 10.1 Å².